The van der Waals surface area contributed by atoms with E-state index in [-0.39, 0.29) is 6.03 Å². The third-order valence-electron chi connectivity index (χ3n) is 3.63. The highest BCUT2D eigenvalue weighted by Crippen LogP contribution is 2.28. The lowest BCUT2D eigenvalue weighted by atomic mass is 10.1. The number of nitrogens with zero attached hydrogens (tertiary/aromatic N) is 1. The average Bonchev–Trinajstić information content (AvgIpc) is 2.60. The molecule has 0 aliphatic heterocycles. The van der Waals surface area contributed by atoms with Gasteiger partial charge in [0.05, 0.1) is 18.7 Å². The Hall–Kier alpha value is -2.40. The van der Waals surface area contributed by atoms with Crippen molar-refractivity contribution in [1.29, 1.82) is 0 Å². The first-order valence-electron chi connectivity index (χ1n) is 8.04. The van der Waals surface area contributed by atoms with Gasteiger partial charge in [-0.05, 0) is 42.7 Å². The number of ether oxygens (including phenoxy) is 2. The van der Waals surface area contributed by atoms with Gasteiger partial charge < -0.3 is 19.7 Å². The number of nitrogens with one attached hydrogen (secondary N) is 1. The minimum absolute atomic E-state index is 0.207. The Balaban J connectivity index is 1.85. The quantitative estimate of drug-likeness (QED) is 0.740. The molecule has 0 heterocycles. The first kappa shape index (κ1) is 18.9. The summed E-state index contributed by atoms with van der Waals surface area (Å²) in [5, 5.41) is 3.21. The molecule has 2 amide bonds. The van der Waals surface area contributed by atoms with Crippen molar-refractivity contribution in [2.24, 2.45) is 0 Å². The summed E-state index contributed by atoms with van der Waals surface area (Å²) in [4.78, 5) is 13.1. The molecule has 0 aromatic heterocycles. The molecule has 2 aromatic rings. The van der Waals surface area contributed by atoms with Crippen LogP contribution in [-0.2, 0) is 6.42 Å². The second-order valence-electron chi connectivity index (χ2n) is 5.73. The summed E-state index contributed by atoms with van der Waals surface area (Å²) in [5.74, 6) is 1.49. The highest BCUT2D eigenvalue weighted by Gasteiger charge is 2.08. The summed E-state index contributed by atoms with van der Waals surface area (Å²) in [6.45, 7) is 0.543. The molecule has 0 aliphatic carbocycles. The Bertz CT molecular complexity index is 720. The van der Waals surface area contributed by atoms with Crippen LogP contribution in [0.1, 0.15) is 12.0 Å². The largest absolute Gasteiger partial charge is 0.496 e. The maximum atomic E-state index is 11.6. The topological polar surface area (TPSA) is 50.8 Å². The van der Waals surface area contributed by atoms with Gasteiger partial charge in [0.2, 0.25) is 0 Å². The van der Waals surface area contributed by atoms with E-state index in [1.807, 2.05) is 24.3 Å². The molecule has 0 fully saturated rings. The number of carbonyl (C=O) groups excluding carboxylic acids is 1. The first-order chi connectivity index (χ1) is 12.0. The van der Waals surface area contributed by atoms with E-state index >= 15 is 0 Å². The second kappa shape index (κ2) is 9.18. The van der Waals surface area contributed by atoms with Gasteiger partial charge in [0.15, 0.2) is 0 Å². The highest BCUT2D eigenvalue weighted by atomic mass is 35.5. The lowest BCUT2D eigenvalue weighted by Crippen LogP contribution is -2.27. The van der Waals surface area contributed by atoms with Crippen LogP contribution < -0.4 is 14.8 Å². The summed E-state index contributed by atoms with van der Waals surface area (Å²) >= 11 is 6.23. The molecule has 0 spiro atoms. The molecular formula is C19H23ClN2O3. The molecule has 2 aromatic carbocycles. The van der Waals surface area contributed by atoms with Crippen LogP contribution in [0.2, 0.25) is 5.02 Å². The van der Waals surface area contributed by atoms with Crippen molar-refractivity contribution in [2.45, 2.75) is 12.8 Å². The molecule has 134 valence electrons. The molecule has 0 saturated carbocycles. The standard InChI is InChI=1S/C19H23ClN2O3/c1-22(2)19(23)21-15-10-11-18(16(20)13-15)25-12-6-8-14-7-4-5-9-17(14)24-3/h4-5,7,9-11,13H,6,8,12H2,1-3H3,(H,21,23). The fourth-order valence-electron chi connectivity index (χ4n) is 2.29. The van der Waals surface area contributed by atoms with E-state index in [9.17, 15) is 4.79 Å². The number of hydrogen-bond acceptors (Lipinski definition) is 3. The Morgan fingerprint density at radius 3 is 2.60 bits per heavy atom. The van der Waals surface area contributed by atoms with E-state index in [2.05, 4.69) is 5.32 Å². The fourth-order valence-corrected chi connectivity index (χ4v) is 2.52. The van der Waals surface area contributed by atoms with E-state index in [0.717, 1.165) is 24.2 Å². The third-order valence-corrected chi connectivity index (χ3v) is 3.93. The van der Waals surface area contributed by atoms with Crippen LogP contribution in [0.25, 0.3) is 0 Å². The number of aryl methyl sites for hydroxylation is 1. The fraction of sp³-hybridized carbons (Fsp3) is 0.316. The molecule has 0 radical (unpaired) electrons. The summed E-state index contributed by atoms with van der Waals surface area (Å²) in [5.41, 5.74) is 1.78. The van der Waals surface area contributed by atoms with E-state index in [1.165, 1.54) is 4.90 Å². The van der Waals surface area contributed by atoms with Crippen LogP contribution in [-0.4, -0.2) is 38.7 Å². The lowest BCUT2D eigenvalue weighted by molar-refractivity contribution is 0.230. The predicted octanol–water partition coefficient (Wildman–Crippen LogP) is 4.45. The van der Waals surface area contributed by atoms with E-state index in [4.69, 9.17) is 21.1 Å². The number of benzene rings is 2. The molecule has 1 N–H and O–H groups in total. The number of para-hydroxylation sites is 1. The van der Waals surface area contributed by atoms with Crippen LogP contribution in [0.3, 0.4) is 0 Å². The third kappa shape index (κ3) is 5.57. The Morgan fingerprint density at radius 2 is 1.92 bits per heavy atom. The number of anilines is 1. The van der Waals surface area contributed by atoms with Crippen molar-refractivity contribution in [2.75, 3.05) is 33.1 Å². The van der Waals surface area contributed by atoms with Crippen molar-refractivity contribution in [3.8, 4) is 11.5 Å². The van der Waals surface area contributed by atoms with Gasteiger partial charge in [-0.2, -0.15) is 0 Å². The van der Waals surface area contributed by atoms with Gasteiger partial charge in [0.25, 0.3) is 0 Å². The van der Waals surface area contributed by atoms with E-state index in [1.54, 1.807) is 39.4 Å². The molecule has 0 unspecified atom stereocenters. The normalized spacial score (nSPS) is 10.2. The van der Waals surface area contributed by atoms with Gasteiger partial charge in [-0.25, -0.2) is 4.79 Å². The number of amides is 2. The van der Waals surface area contributed by atoms with Crippen LogP contribution in [0.15, 0.2) is 42.5 Å². The van der Waals surface area contributed by atoms with Crippen molar-refractivity contribution >= 4 is 23.3 Å². The maximum Gasteiger partial charge on any atom is 0.321 e. The van der Waals surface area contributed by atoms with Gasteiger partial charge in [-0.3, -0.25) is 0 Å². The minimum Gasteiger partial charge on any atom is -0.496 e. The second-order valence-corrected chi connectivity index (χ2v) is 6.14. The van der Waals surface area contributed by atoms with Gasteiger partial charge >= 0.3 is 6.03 Å². The van der Waals surface area contributed by atoms with Gasteiger partial charge in [-0.1, -0.05) is 29.8 Å². The smallest absolute Gasteiger partial charge is 0.321 e. The molecule has 2 rings (SSSR count). The highest BCUT2D eigenvalue weighted by molar-refractivity contribution is 6.32. The number of methoxy groups -OCH3 is 1. The molecule has 0 saturated heterocycles. The van der Waals surface area contributed by atoms with Crippen LogP contribution in [0, 0.1) is 0 Å². The zero-order chi connectivity index (χ0) is 18.2. The summed E-state index contributed by atoms with van der Waals surface area (Å²) in [6, 6.07) is 13.0. The van der Waals surface area contributed by atoms with Crippen molar-refractivity contribution in [3.05, 3.63) is 53.1 Å². The molecule has 5 nitrogen and oxygen atoms in total. The Kier molecular flexibility index (Phi) is 6.95. The summed E-state index contributed by atoms with van der Waals surface area (Å²) < 4.78 is 11.1. The van der Waals surface area contributed by atoms with Crippen LogP contribution >= 0.6 is 11.6 Å². The molecule has 6 heteroatoms. The number of halogens is 1. The van der Waals surface area contributed by atoms with Gasteiger partial charge in [0, 0.05) is 19.8 Å². The molecule has 0 atom stereocenters. The van der Waals surface area contributed by atoms with E-state index in [0.29, 0.717) is 23.1 Å². The summed E-state index contributed by atoms with van der Waals surface area (Å²) in [6.07, 6.45) is 1.70. The summed E-state index contributed by atoms with van der Waals surface area (Å²) in [7, 11) is 5.03. The van der Waals surface area contributed by atoms with Crippen LogP contribution in [0.5, 0.6) is 11.5 Å². The van der Waals surface area contributed by atoms with Crippen molar-refractivity contribution in [1.82, 2.24) is 4.90 Å². The number of hydrogen-bond donors (Lipinski definition) is 1. The van der Waals surface area contributed by atoms with Crippen LogP contribution in [0.4, 0.5) is 10.5 Å². The predicted molar refractivity (Wildman–Crippen MR) is 101 cm³/mol. The molecule has 0 aliphatic rings. The number of carbonyl (C=O) groups is 1. The van der Waals surface area contributed by atoms with Gasteiger partial charge in [0.1, 0.15) is 11.5 Å². The maximum absolute atomic E-state index is 11.6. The van der Waals surface area contributed by atoms with Crippen molar-refractivity contribution < 1.29 is 14.3 Å². The monoisotopic (exact) mass is 362 g/mol. The van der Waals surface area contributed by atoms with Crippen molar-refractivity contribution in [3.63, 3.8) is 0 Å². The first-order valence-corrected chi connectivity index (χ1v) is 8.41. The average molecular weight is 363 g/mol. The van der Waals surface area contributed by atoms with E-state index < -0.39 is 0 Å². The number of urea groups is 1. The molecule has 0 bridgehead atoms. The minimum atomic E-state index is -0.207. The molecular weight excluding hydrogens is 340 g/mol. The van der Waals surface area contributed by atoms with Gasteiger partial charge in [-0.15, -0.1) is 0 Å². The zero-order valence-electron chi connectivity index (χ0n) is 14.7. The number of rotatable bonds is 7. The Morgan fingerprint density at radius 1 is 1.16 bits per heavy atom. The SMILES string of the molecule is COc1ccccc1CCCOc1ccc(NC(=O)N(C)C)cc1Cl. The Labute approximate surface area is 153 Å². The molecule has 25 heavy (non-hydrogen) atoms. The lowest BCUT2D eigenvalue weighted by Gasteiger charge is -2.14. The zero-order valence-corrected chi connectivity index (χ0v) is 15.5.